The summed E-state index contributed by atoms with van der Waals surface area (Å²) in [6, 6.07) is 9.76. The van der Waals surface area contributed by atoms with E-state index in [4.69, 9.17) is 0 Å². The molecule has 2 aliphatic rings. The minimum atomic E-state index is 0.696. The van der Waals surface area contributed by atoms with Crippen molar-refractivity contribution in [3.05, 3.63) is 29.8 Å². The Hall–Kier alpha value is -1.02. The monoisotopic (exact) mass is 272 g/mol. The summed E-state index contributed by atoms with van der Waals surface area (Å²) in [5.74, 6) is 0.945. The molecule has 1 aliphatic heterocycles. The minimum absolute atomic E-state index is 0.696. The van der Waals surface area contributed by atoms with Crippen molar-refractivity contribution in [2.24, 2.45) is 5.92 Å². The highest BCUT2D eigenvalue weighted by molar-refractivity contribution is 5.46. The Bertz CT molecular complexity index is 423. The molecule has 2 nitrogen and oxygen atoms in total. The van der Waals surface area contributed by atoms with Gasteiger partial charge in [0.15, 0.2) is 0 Å². The van der Waals surface area contributed by atoms with Gasteiger partial charge in [-0.2, -0.15) is 0 Å². The average molecular weight is 272 g/mol. The molecule has 1 heterocycles. The molecule has 2 heteroatoms. The van der Waals surface area contributed by atoms with Crippen LogP contribution in [0, 0.1) is 5.92 Å². The Kier molecular flexibility index (Phi) is 4.62. The highest BCUT2D eigenvalue weighted by atomic mass is 15.1. The molecule has 20 heavy (non-hydrogen) atoms. The standard InChI is InChI=1S/C18H28N2/c1-2-15-8-9-18(12-15)19-17-7-5-6-16(13-17)14-20-10-3-4-11-20/h5-7,13,15,18-19H,2-4,8-12,14H2,1H3. The third-order valence-electron chi connectivity index (χ3n) is 5.02. The lowest BCUT2D eigenvalue weighted by Crippen LogP contribution is -2.19. The van der Waals surface area contributed by atoms with Crippen molar-refractivity contribution in [1.82, 2.24) is 4.90 Å². The highest BCUT2D eigenvalue weighted by Crippen LogP contribution is 2.30. The number of anilines is 1. The van der Waals surface area contributed by atoms with Crippen LogP contribution in [-0.4, -0.2) is 24.0 Å². The molecular formula is C18H28N2. The van der Waals surface area contributed by atoms with Crippen LogP contribution in [0.2, 0.25) is 0 Å². The molecule has 0 spiro atoms. The maximum atomic E-state index is 3.75. The third-order valence-corrected chi connectivity index (χ3v) is 5.02. The Balaban J connectivity index is 1.56. The smallest absolute Gasteiger partial charge is 0.0345 e. The molecule has 2 unspecified atom stereocenters. The molecule has 110 valence electrons. The van der Waals surface area contributed by atoms with Crippen molar-refractivity contribution >= 4 is 5.69 Å². The fraction of sp³-hybridized carbons (Fsp3) is 0.667. The lowest BCUT2D eigenvalue weighted by Gasteiger charge is -2.18. The van der Waals surface area contributed by atoms with E-state index >= 15 is 0 Å². The Morgan fingerprint density at radius 3 is 2.80 bits per heavy atom. The number of rotatable bonds is 5. The van der Waals surface area contributed by atoms with Gasteiger partial charge in [-0.3, -0.25) is 4.90 Å². The summed E-state index contributed by atoms with van der Waals surface area (Å²) in [6.45, 7) is 6.00. The van der Waals surface area contributed by atoms with Gasteiger partial charge in [-0.25, -0.2) is 0 Å². The van der Waals surface area contributed by atoms with Crippen molar-refractivity contribution in [2.45, 2.75) is 58.0 Å². The van der Waals surface area contributed by atoms with Crippen molar-refractivity contribution < 1.29 is 0 Å². The van der Waals surface area contributed by atoms with E-state index in [9.17, 15) is 0 Å². The molecule has 3 rings (SSSR count). The molecule has 1 aliphatic carbocycles. The van der Waals surface area contributed by atoms with Crippen LogP contribution in [0.25, 0.3) is 0 Å². The highest BCUT2D eigenvalue weighted by Gasteiger charge is 2.23. The summed E-state index contributed by atoms with van der Waals surface area (Å²) in [4.78, 5) is 2.57. The summed E-state index contributed by atoms with van der Waals surface area (Å²) >= 11 is 0. The Morgan fingerprint density at radius 2 is 2.05 bits per heavy atom. The van der Waals surface area contributed by atoms with Crippen LogP contribution in [0.1, 0.15) is 51.0 Å². The topological polar surface area (TPSA) is 15.3 Å². The molecule has 2 atom stereocenters. The first kappa shape index (κ1) is 13.9. The van der Waals surface area contributed by atoms with E-state index in [0.717, 1.165) is 12.5 Å². The van der Waals surface area contributed by atoms with E-state index in [-0.39, 0.29) is 0 Å². The van der Waals surface area contributed by atoms with Crippen LogP contribution >= 0.6 is 0 Å². The maximum Gasteiger partial charge on any atom is 0.0345 e. The molecule has 0 radical (unpaired) electrons. The van der Waals surface area contributed by atoms with E-state index in [0.29, 0.717) is 6.04 Å². The van der Waals surface area contributed by atoms with Crippen LogP contribution in [0.3, 0.4) is 0 Å². The van der Waals surface area contributed by atoms with Crippen LogP contribution in [0.5, 0.6) is 0 Å². The van der Waals surface area contributed by atoms with Gasteiger partial charge in [0.05, 0.1) is 0 Å². The van der Waals surface area contributed by atoms with Crippen molar-refractivity contribution in [1.29, 1.82) is 0 Å². The van der Waals surface area contributed by atoms with Gasteiger partial charge < -0.3 is 5.32 Å². The van der Waals surface area contributed by atoms with E-state index in [1.807, 2.05) is 0 Å². The Labute approximate surface area is 123 Å². The van der Waals surface area contributed by atoms with Crippen molar-refractivity contribution in [2.75, 3.05) is 18.4 Å². The zero-order valence-electron chi connectivity index (χ0n) is 12.8. The molecule has 0 amide bonds. The molecular weight excluding hydrogens is 244 g/mol. The van der Waals surface area contributed by atoms with Gasteiger partial charge in [0.1, 0.15) is 0 Å². The van der Waals surface area contributed by atoms with Gasteiger partial charge in [0.25, 0.3) is 0 Å². The molecule has 0 aromatic heterocycles. The summed E-state index contributed by atoms with van der Waals surface area (Å²) in [5, 5.41) is 3.75. The SMILES string of the molecule is CCC1CCC(Nc2cccc(CN3CCCC3)c2)C1. The van der Waals surface area contributed by atoms with Gasteiger partial charge in [-0.05, 0) is 68.8 Å². The second-order valence-corrected chi connectivity index (χ2v) is 6.61. The third kappa shape index (κ3) is 3.54. The van der Waals surface area contributed by atoms with Crippen LogP contribution in [-0.2, 0) is 6.54 Å². The lowest BCUT2D eigenvalue weighted by molar-refractivity contribution is 0.331. The normalized spacial score (nSPS) is 27.1. The van der Waals surface area contributed by atoms with E-state index < -0.39 is 0 Å². The number of benzene rings is 1. The summed E-state index contributed by atoms with van der Waals surface area (Å²) in [7, 11) is 0. The predicted octanol–water partition coefficient (Wildman–Crippen LogP) is 4.27. The van der Waals surface area contributed by atoms with Gasteiger partial charge in [0, 0.05) is 18.3 Å². The minimum Gasteiger partial charge on any atom is -0.382 e. The molecule has 1 saturated carbocycles. The van der Waals surface area contributed by atoms with Crippen molar-refractivity contribution in [3.8, 4) is 0 Å². The number of hydrogen-bond donors (Lipinski definition) is 1. The molecule has 1 saturated heterocycles. The fourth-order valence-corrected chi connectivity index (χ4v) is 3.77. The second kappa shape index (κ2) is 6.62. The van der Waals surface area contributed by atoms with Gasteiger partial charge in [-0.1, -0.05) is 25.5 Å². The van der Waals surface area contributed by atoms with Crippen LogP contribution in [0.4, 0.5) is 5.69 Å². The van der Waals surface area contributed by atoms with E-state index in [1.54, 1.807) is 0 Å². The fourth-order valence-electron chi connectivity index (χ4n) is 3.77. The van der Waals surface area contributed by atoms with Gasteiger partial charge >= 0.3 is 0 Å². The quantitative estimate of drug-likeness (QED) is 0.861. The molecule has 1 aromatic carbocycles. The first-order valence-electron chi connectivity index (χ1n) is 8.41. The summed E-state index contributed by atoms with van der Waals surface area (Å²) in [6.07, 6.45) is 8.19. The van der Waals surface area contributed by atoms with Crippen LogP contribution in [0.15, 0.2) is 24.3 Å². The van der Waals surface area contributed by atoms with Crippen LogP contribution < -0.4 is 5.32 Å². The zero-order chi connectivity index (χ0) is 13.8. The first-order chi connectivity index (χ1) is 9.83. The molecule has 0 bridgehead atoms. The maximum absolute atomic E-state index is 3.75. The average Bonchev–Trinajstić information content (AvgIpc) is 3.11. The van der Waals surface area contributed by atoms with Gasteiger partial charge in [0.2, 0.25) is 0 Å². The van der Waals surface area contributed by atoms with E-state index in [1.165, 1.54) is 62.9 Å². The number of likely N-dealkylation sites (tertiary alicyclic amines) is 1. The molecule has 1 N–H and O–H groups in total. The van der Waals surface area contributed by atoms with Crippen molar-refractivity contribution in [3.63, 3.8) is 0 Å². The predicted molar refractivity (Wildman–Crippen MR) is 86.0 cm³/mol. The zero-order valence-corrected chi connectivity index (χ0v) is 12.8. The second-order valence-electron chi connectivity index (χ2n) is 6.61. The largest absolute Gasteiger partial charge is 0.382 e. The number of nitrogens with one attached hydrogen (secondary N) is 1. The molecule has 2 fully saturated rings. The van der Waals surface area contributed by atoms with Gasteiger partial charge in [-0.15, -0.1) is 0 Å². The Morgan fingerprint density at radius 1 is 1.20 bits per heavy atom. The summed E-state index contributed by atoms with van der Waals surface area (Å²) in [5.41, 5.74) is 2.78. The lowest BCUT2D eigenvalue weighted by atomic mass is 10.1. The number of hydrogen-bond acceptors (Lipinski definition) is 2. The van der Waals surface area contributed by atoms with E-state index in [2.05, 4.69) is 41.4 Å². The number of nitrogens with zero attached hydrogens (tertiary/aromatic N) is 1. The summed E-state index contributed by atoms with van der Waals surface area (Å²) < 4.78 is 0. The molecule has 1 aromatic rings. The first-order valence-corrected chi connectivity index (χ1v) is 8.41.